The molecule has 35 heavy (non-hydrogen) atoms. The van der Waals surface area contributed by atoms with Crippen molar-refractivity contribution in [2.45, 2.75) is 69.6 Å². The Balaban J connectivity index is 1.41. The van der Waals surface area contributed by atoms with E-state index in [0.29, 0.717) is 13.0 Å². The summed E-state index contributed by atoms with van der Waals surface area (Å²) in [6.45, 7) is 3.20. The molecule has 1 aliphatic carbocycles. The highest BCUT2D eigenvalue weighted by Crippen LogP contribution is 2.41. The van der Waals surface area contributed by atoms with Crippen LogP contribution in [-0.2, 0) is 4.74 Å². The monoisotopic (exact) mass is 485 g/mol. The normalized spacial score (nSPS) is 25.7. The zero-order valence-corrected chi connectivity index (χ0v) is 20.4. The first-order chi connectivity index (χ1) is 16.8. The van der Waals surface area contributed by atoms with Crippen molar-refractivity contribution in [3.63, 3.8) is 0 Å². The van der Waals surface area contributed by atoms with Crippen molar-refractivity contribution in [3.05, 3.63) is 41.9 Å². The molecule has 2 saturated heterocycles. The molecule has 0 spiro atoms. The molecule has 4 heterocycles. The lowest BCUT2D eigenvalue weighted by Crippen LogP contribution is -2.43. The molecule has 188 valence electrons. The third-order valence-corrected chi connectivity index (χ3v) is 7.35. The van der Waals surface area contributed by atoms with Crippen LogP contribution in [0.25, 0.3) is 16.6 Å². The van der Waals surface area contributed by atoms with Gasteiger partial charge in [0.1, 0.15) is 17.0 Å². The highest BCUT2D eigenvalue weighted by Gasteiger charge is 2.40. The van der Waals surface area contributed by atoms with Crippen LogP contribution in [0.1, 0.15) is 63.8 Å². The fourth-order valence-corrected chi connectivity index (χ4v) is 5.20. The molecule has 3 fully saturated rings. The van der Waals surface area contributed by atoms with Gasteiger partial charge < -0.3 is 14.4 Å². The van der Waals surface area contributed by atoms with Crippen LogP contribution in [-0.4, -0.2) is 58.0 Å². The summed E-state index contributed by atoms with van der Waals surface area (Å²) in [7, 11) is 1.88. The molecule has 4 aliphatic rings. The maximum Gasteiger partial charge on any atom is 0.265 e. The molecule has 2 aromatic rings. The Labute approximate surface area is 204 Å². The lowest BCUT2D eigenvalue weighted by atomic mass is 10.1. The molecule has 1 atom stereocenters. The second-order valence-electron chi connectivity index (χ2n) is 10.6. The number of alkyl halides is 2. The summed E-state index contributed by atoms with van der Waals surface area (Å²) in [5.74, 6) is -1.85. The maximum atomic E-state index is 14.2. The Bertz CT molecular complexity index is 1180. The first kappa shape index (κ1) is 22.6. The second-order valence-corrected chi connectivity index (χ2v) is 10.6. The number of nitrogens with one attached hydrogen (secondary N) is 1. The van der Waals surface area contributed by atoms with E-state index in [1.54, 1.807) is 4.90 Å². The van der Waals surface area contributed by atoms with Crippen molar-refractivity contribution in [2.75, 3.05) is 26.7 Å². The number of hydrazine groups is 1. The van der Waals surface area contributed by atoms with E-state index in [1.807, 2.05) is 35.1 Å². The Morgan fingerprint density at radius 1 is 1.17 bits per heavy atom. The van der Waals surface area contributed by atoms with Gasteiger partial charge in [0.05, 0.1) is 23.5 Å². The van der Waals surface area contributed by atoms with Crippen LogP contribution in [0, 0.1) is 0 Å². The summed E-state index contributed by atoms with van der Waals surface area (Å²) in [5, 5.41) is 7.78. The fourth-order valence-electron chi connectivity index (χ4n) is 5.20. The first-order valence-electron chi connectivity index (χ1n) is 12.7. The lowest BCUT2D eigenvalue weighted by Gasteiger charge is -2.37. The van der Waals surface area contributed by atoms with Gasteiger partial charge in [-0.2, -0.15) is 5.10 Å². The molecule has 0 amide bonds. The zero-order chi connectivity index (χ0) is 24.2. The molecular weight excluding hydrogens is 452 g/mol. The van der Waals surface area contributed by atoms with Crippen LogP contribution in [0.3, 0.4) is 0 Å². The lowest BCUT2D eigenvalue weighted by molar-refractivity contribution is -0.0545. The van der Waals surface area contributed by atoms with Crippen LogP contribution in [0.15, 0.2) is 36.2 Å². The number of halogens is 2. The molecule has 1 saturated carbocycles. The topological polar surface area (TPSA) is 54.8 Å². The number of fused-ring (bicyclic) bond motifs is 1. The number of aromatic nitrogens is 2. The number of hydrogen-bond donors (Lipinski definition) is 1. The van der Waals surface area contributed by atoms with E-state index in [2.05, 4.69) is 24.5 Å². The summed E-state index contributed by atoms with van der Waals surface area (Å²) in [6.07, 6.45) is 9.27. The van der Waals surface area contributed by atoms with E-state index in [1.165, 1.54) is 0 Å². The predicted octanol–water partition coefficient (Wildman–Crippen LogP) is 5.03. The van der Waals surface area contributed by atoms with Gasteiger partial charge in [-0.3, -0.25) is 10.4 Å². The van der Waals surface area contributed by atoms with E-state index in [-0.39, 0.29) is 24.8 Å². The van der Waals surface area contributed by atoms with Gasteiger partial charge in [-0.15, -0.1) is 0 Å². The summed E-state index contributed by atoms with van der Waals surface area (Å²) < 4.78 is 42.6. The number of hydrogen-bond acceptors (Lipinski definition) is 6. The van der Waals surface area contributed by atoms with E-state index < -0.39 is 5.92 Å². The van der Waals surface area contributed by atoms with Crippen LogP contribution < -0.4 is 10.2 Å². The molecule has 7 nitrogen and oxygen atoms in total. The summed E-state index contributed by atoms with van der Waals surface area (Å²) in [5.41, 5.74) is 6.54. The van der Waals surface area contributed by atoms with Gasteiger partial charge >= 0.3 is 0 Å². The van der Waals surface area contributed by atoms with Crippen molar-refractivity contribution in [1.82, 2.24) is 25.1 Å². The second kappa shape index (κ2) is 8.40. The number of likely N-dealkylation sites (tertiary alicyclic amines) is 1. The Morgan fingerprint density at radius 3 is 2.77 bits per heavy atom. The number of allylic oxidation sites excluding steroid dienone is 1. The van der Waals surface area contributed by atoms with Gasteiger partial charge in [-0.25, -0.2) is 13.5 Å². The van der Waals surface area contributed by atoms with Crippen molar-refractivity contribution in [1.29, 1.82) is 0 Å². The van der Waals surface area contributed by atoms with Crippen LogP contribution in [0.5, 0.6) is 5.75 Å². The highest BCUT2D eigenvalue weighted by molar-refractivity contribution is 5.92. The van der Waals surface area contributed by atoms with Crippen molar-refractivity contribution < 1.29 is 18.3 Å². The van der Waals surface area contributed by atoms with Gasteiger partial charge in [0.25, 0.3) is 5.92 Å². The highest BCUT2D eigenvalue weighted by atomic mass is 19.3. The SMILES string of the molecule is CN1C=C(N2CCCC(F)(F)C2)C=C(c2nn(C3CCCCO3)c3ccc(OC4(C)CC4)cc23)N1. The predicted molar refractivity (Wildman–Crippen MR) is 130 cm³/mol. The largest absolute Gasteiger partial charge is 0.488 e. The number of piperidine rings is 1. The van der Waals surface area contributed by atoms with Gasteiger partial charge in [0, 0.05) is 38.2 Å². The van der Waals surface area contributed by atoms with Gasteiger partial charge in [0.2, 0.25) is 0 Å². The van der Waals surface area contributed by atoms with Gasteiger partial charge in [-0.1, -0.05) is 0 Å². The summed E-state index contributed by atoms with van der Waals surface area (Å²) in [6, 6.07) is 6.11. The quantitative estimate of drug-likeness (QED) is 0.641. The Kier molecular flexibility index (Phi) is 5.43. The average Bonchev–Trinajstić information content (AvgIpc) is 3.43. The fraction of sp³-hybridized carbons (Fsp3) is 0.577. The smallest absolute Gasteiger partial charge is 0.265 e. The molecule has 1 N–H and O–H groups in total. The molecule has 9 heteroatoms. The maximum absolute atomic E-state index is 14.2. The number of benzene rings is 1. The minimum Gasteiger partial charge on any atom is -0.488 e. The minimum absolute atomic E-state index is 0.0560. The molecule has 0 radical (unpaired) electrons. The van der Waals surface area contributed by atoms with Crippen molar-refractivity contribution in [3.8, 4) is 5.75 Å². The van der Waals surface area contributed by atoms with E-state index in [4.69, 9.17) is 14.6 Å². The molecule has 6 rings (SSSR count). The van der Waals surface area contributed by atoms with Crippen molar-refractivity contribution in [2.24, 2.45) is 0 Å². The molecule has 3 aliphatic heterocycles. The number of ether oxygens (including phenoxy) is 2. The van der Waals surface area contributed by atoms with Gasteiger partial charge in [0.15, 0.2) is 6.23 Å². The number of rotatable bonds is 5. The van der Waals surface area contributed by atoms with Crippen molar-refractivity contribution >= 4 is 16.6 Å². The Hall–Kier alpha value is -2.81. The van der Waals surface area contributed by atoms with E-state index in [9.17, 15) is 8.78 Å². The minimum atomic E-state index is -2.67. The zero-order valence-electron chi connectivity index (χ0n) is 20.4. The molecule has 0 bridgehead atoms. The molecule has 1 unspecified atom stereocenters. The third-order valence-electron chi connectivity index (χ3n) is 7.35. The third kappa shape index (κ3) is 4.58. The molecule has 1 aromatic carbocycles. The van der Waals surface area contributed by atoms with Gasteiger partial charge in [-0.05, 0) is 69.7 Å². The van der Waals surface area contributed by atoms with Crippen LogP contribution in [0.4, 0.5) is 8.78 Å². The van der Waals surface area contributed by atoms with Crippen LogP contribution >= 0.6 is 0 Å². The van der Waals surface area contributed by atoms with E-state index in [0.717, 1.165) is 72.5 Å². The average molecular weight is 486 g/mol. The standard InChI is InChI=1S/C26H33F2N5O2/c1-25(10-11-25)35-19-7-8-22-20(15-19)24(30-33(22)23-6-3-4-13-34-23)21-14-18(16-31(2)29-21)32-12-5-9-26(27,28)17-32/h7-8,14-16,23,29H,3-6,9-13,17H2,1-2H3. The molecule has 1 aromatic heterocycles. The summed E-state index contributed by atoms with van der Waals surface area (Å²) in [4.78, 5) is 1.77. The van der Waals surface area contributed by atoms with E-state index >= 15 is 0 Å². The number of nitrogens with zero attached hydrogens (tertiary/aromatic N) is 4. The van der Waals surface area contributed by atoms with Crippen LogP contribution in [0.2, 0.25) is 0 Å². The summed E-state index contributed by atoms with van der Waals surface area (Å²) >= 11 is 0. The Morgan fingerprint density at radius 2 is 2.03 bits per heavy atom. The first-order valence-corrected chi connectivity index (χ1v) is 12.7. The molecular formula is C26H33F2N5O2.